The second-order valence-corrected chi connectivity index (χ2v) is 6.39. The van der Waals surface area contributed by atoms with Gasteiger partial charge in [-0.15, -0.1) is 0 Å². The van der Waals surface area contributed by atoms with Crippen molar-refractivity contribution in [1.29, 1.82) is 0 Å². The first-order valence-electron chi connectivity index (χ1n) is 6.69. The molecule has 0 aromatic heterocycles. The molecule has 0 radical (unpaired) electrons. The number of amides is 1. The summed E-state index contributed by atoms with van der Waals surface area (Å²) in [5, 5.41) is 0.539. The lowest BCUT2D eigenvalue weighted by Gasteiger charge is -2.25. The summed E-state index contributed by atoms with van der Waals surface area (Å²) in [7, 11) is 1.81. The molecule has 0 aliphatic carbocycles. The highest BCUT2D eigenvalue weighted by Crippen LogP contribution is 2.26. The second-order valence-electron chi connectivity index (χ2n) is 5.13. The van der Waals surface area contributed by atoms with Crippen LogP contribution in [-0.4, -0.2) is 17.9 Å². The lowest BCUT2D eigenvalue weighted by molar-refractivity contribution is 0.0742. The van der Waals surface area contributed by atoms with Gasteiger partial charge in [0.25, 0.3) is 5.91 Å². The molecule has 0 spiro atoms. The summed E-state index contributed by atoms with van der Waals surface area (Å²) in [6.45, 7) is 4.07. The zero-order valence-corrected chi connectivity index (χ0v) is 14.6. The molecule has 0 heterocycles. The van der Waals surface area contributed by atoms with E-state index in [9.17, 15) is 4.79 Å². The summed E-state index contributed by atoms with van der Waals surface area (Å²) >= 11 is 9.39. The van der Waals surface area contributed by atoms with Gasteiger partial charge in [-0.25, -0.2) is 0 Å². The molecule has 0 N–H and O–H groups in total. The zero-order valence-electron chi connectivity index (χ0n) is 12.2. The quantitative estimate of drug-likeness (QED) is 0.727. The Hall–Kier alpha value is -1.32. The van der Waals surface area contributed by atoms with E-state index in [-0.39, 0.29) is 11.9 Å². The summed E-state index contributed by atoms with van der Waals surface area (Å²) in [6.07, 6.45) is 0. The normalized spacial score (nSPS) is 12.0. The van der Waals surface area contributed by atoms with Crippen LogP contribution in [0.5, 0.6) is 0 Å². The van der Waals surface area contributed by atoms with Crippen molar-refractivity contribution in [1.82, 2.24) is 4.90 Å². The molecule has 2 rings (SSSR count). The van der Waals surface area contributed by atoms with Crippen molar-refractivity contribution in [3.63, 3.8) is 0 Å². The molecule has 2 aromatic carbocycles. The zero-order chi connectivity index (χ0) is 15.6. The molecule has 2 nitrogen and oxygen atoms in total. The smallest absolute Gasteiger partial charge is 0.254 e. The fourth-order valence-electron chi connectivity index (χ4n) is 2.08. The third-order valence-corrected chi connectivity index (χ3v) is 4.86. The molecule has 0 aliphatic rings. The first-order chi connectivity index (χ1) is 9.90. The van der Waals surface area contributed by atoms with Crippen LogP contribution < -0.4 is 0 Å². The first kappa shape index (κ1) is 16.1. The Labute approximate surface area is 138 Å². The maximum Gasteiger partial charge on any atom is 0.254 e. The molecule has 1 amide bonds. The van der Waals surface area contributed by atoms with E-state index in [0.717, 1.165) is 10.0 Å². The van der Waals surface area contributed by atoms with E-state index in [1.165, 1.54) is 5.56 Å². The highest BCUT2D eigenvalue weighted by Gasteiger charge is 2.19. The molecule has 110 valence electrons. The number of rotatable bonds is 3. The first-order valence-corrected chi connectivity index (χ1v) is 7.86. The molecule has 4 heteroatoms. The molecule has 0 aliphatic heterocycles. The van der Waals surface area contributed by atoms with Crippen molar-refractivity contribution >= 4 is 33.4 Å². The minimum Gasteiger partial charge on any atom is -0.335 e. The third kappa shape index (κ3) is 3.66. The van der Waals surface area contributed by atoms with Crippen molar-refractivity contribution in [2.24, 2.45) is 0 Å². The van der Waals surface area contributed by atoms with Crippen LogP contribution in [0.4, 0.5) is 0 Å². The summed E-state index contributed by atoms with van der Waals surface area (Å²) < 4.78 is 0.787. The largest absolute Gasteiger partial charge is 0.335 e. The molecular weight excluding hydrogens is 350 g/mol. The number of benzene rings is 2. The Morgan fingerprint density at radius 2 is 1.81 bits per heavy atom. The number of hydrogen-bond acceptors (Lipinski definition) is 1. The lowest BCUT2D eigenvalue weighted by atomic mass is 10.0. The number of aryl methyl sites for hydroxylation is 1. The van der Waals surface area contributed by atoms with Crippen molar-refractivity contribution in [3.05, 3.63) is 68.7 Å². The van der Waals surface area contributed by atoms with Crippen LogP contribution in [0.15, 0.2) is 46.9 Å². The minimum atomic E-state index is -0.0440. The predicted octanol–water partition coefficient (Wildman–Crippen LogP) is 5.24. The maximum atomic E-state index is 12.5. The van der Waals surface area contributed by atoms with E-state index < -0.39 is 0 Å². The van der Waals surface area contributed by atoms with Crippen molar-refractivity contribution in [2.75, 3.05) is 7.05 Å². The highest BCUT2D eigenvalue weighted by molar-refractivity contribution is 9.10. The van der Waals surface area contributed by atoms with E-state index in [0.29, 0.717) is 10.6 Å². The van der Waals surface area contributed by atoms with Crippen molar-refractivity contribution in [3.8, 4) is 0 Å². The standard InChI is InChI=1S/C17H17BrClNO/c1-11-4-6-13(7-5-11)12(2)20(3)17(21)14-8-9-15(18)16(19)10-14/h4-10,12H,1-3H3. The van der Waals surface area contributed by atoms with Gasteiger partial charge in [0.2, 0.25) is 0 Å². The molecule has 0 bridgehead atoms. The molecular formula is C17H17BrClNO. The van der Waals surface area contributed by atoms with E-state index in [4.69, 9.17) is 11.6 Å². The Morgan fingerprint density at radius 1 is 1.19 bits per heavy atom. The van der Waals surface area contributed by atoms with Crippen LogP contribution in [0.3, 0.4) is 0 Å². The van der Waals surface area contributed by atoms with E-state index in [1.807, 2.05) is 20.9 Å². The maximum absolute atomic E-state index is 12.5. The lowest BCUT2D eigenvalue weighted by Crippen LogP contribution is -2.29. The van der Waals surface area contributed by atoms with E-state index in [2.05, 4.69) is 40.2 Å². The SMILES string of the molecule is Cc1ccc(C(C)N(C)C(=O)c2ccc(Br)c(Cl)c2)cc1. The molecule has 0 saturated heterocycles. The van der Waals surface area contributed by atoms with Crippen molar-refractivity contribution < 1.29 is 4.79 Å². The number of carbonyl (C=O) groups is 1. The Balaban J connectivity index is 2.21. The average molecular weight is 367 g/mol. The van der Waals surface area contributed by atoms with Gasteiger partial charge in [-0.1, -0.05) is 41.4 Å². The molecule has 2 aromatic rings. The molecule has 1 atom stereocenters. The van der Waals surface area contributed by atoms with E-state index in [1.54, 1.807) is 23.1 Å². The summed E-state index contributed by atoms with van der Waals surface area (Å²) in [6, 6.07) is 13.5. The van der Waals surface area contributed by atoms with E-state index >= 15 is 0 Å². The van der Waals surface area contributed by atoms with Crippen LogP contribution in [0.25, 0.3) is 0 Å². The minimum absolute atomic E-state index is 0.000484. The van der Waals surface area contributed by atoms with Gasteiger partial charge in [0, 0.05) is 17.1 Å². The Morgan fingerprint density at radius 3 is 2.38 bits per heavy atom. The third-order valence-electron chi connectivity index (χ3n) is 3.63. The molecule has 0 fully saturated rings. The van der Waals surface area contributed by atoms with Crippen LogP contribution in [0, 0.1) is 6.92 Å². The van der Waals surface area contributed by atoms with Crippen LogP contribution in [-0.2, 0) is 0 Å². The van der Waals surface area contributed by atoms with Gasteiger partial charge in [0.05, 0.1) is 11.1 Å². The number of nitrogens with zero attached hydrogens (tertiary/aromatic N) is 1. The summed E-state index contributed by atoms with van der Waals surface area (Å²) in [5.41, 5.74) is 2.91. The molecule has 1 unspecified atom stereocenters. The van der Waals surface area contributed by atoms with Gasteiger partial charge in [0.1, 0.15) is 0 Å². The average Bonchev–Trinajstić information content (AvgIpc) is 2.48. The fraction of sp³-hybridized carbons (Fsp3) is 0.235. The summed E-state index contributed by atoms with van der Waals surface area (Å²) in [5.74, 6) is -0.0440. The topological polar surface area (TPSA) is 20.3 Å². The van der Waals surface area contributed by atoms with Crippen LogP contribution >= 0.6 is 27.5 Å². The van der Waals surface area contributed by atoms with Gasteiger partial charge in [-0.05, 0) is 53.5 Å². The van der Waals surface area contributed by atoms with Gasteiger partial charge < -0.3 is 4.90 Å². The number of halogens is 2. The monoisotopic (exact) mass is 365 g/mol. The Kier molecular flexibility index (Phi) is 5.07. The summed E-state index contributed by atoms with van der Waals surface area (Å²) in [4.78, 5) is 14.3. The van der Waals surface area contributed by atoms with Crippen molar-refractivity contribution in [2.45, 2.75) is 19.9 Å². The number of hydrogen-bond donors (Lipinski definition) is 0. The molecule has 21 heavy (non-hydrogen) atoms. The van der Waals surface area contributed by atoms with Crippen LogP contribution in [0.1, 0.15) is 34.5 Å². The van der Waals surface area contributed by atoms with Gasteiger partial charge >= 0.3 is 0 Å². The second kappa shape index (κ2) is 6.63. The molecule has 0 saturated carbocycles. The van der Waals surface area contributed by atoms with Gasteiger partial charge in [-0.2, -0.15) is 0 Å². The Bertz CT molecular complexity index is 654. The van der Waals surface area contributed by atoms with Crippen LogP contribution in [0.2, 0.25) is 5.02 Å². The fourth-order valence-corrected chi connectivity index (χ4v) is 2.50. The highest BCUT2D eigenvalue weighted by atomic mass is 79.9. The number of carbonyl (C=O) groups excluding carboxylic acids is 1. The predicted molar refractivity (Wildman–Crippen MR) is 90.8 cm³/mol. The van der Waals surface area contributed by atoms with Gasteiger partial charge in [-0.3, -0.25) is 4.79 Å². The van der Waals surface area contributed by atoms with Gasteiger partial charge in [0.15, 0.2) is 0 Å².